The molecule has 0 saturated carbocycles. The maximum absolute atomic E-state index is 3.79. The molecule has 0 aliphatic carbocycles. The van der Waals surface area contributed by atoms with E-state index in [0.29, 0.717) is 4.83 Å². The van der Waals surface area contributed by atoms with Crippen molar-refractivity contribution < 1.29 is 0 Å². The van der Waals surface area contributed by atoms with Gasteiger partial charge >= 0.3 is 0 Å². The lowest BCUT2D eigenvalue weighted by molar-refractivity contribution is 0.945. The summed E-state index contributed by atoms with van der Waals surface area (Å²) in [7, 11) is 0. The van der Waals surface area contributed by atoms with Gasteiger partial charge in [-0.15, -0.1) is 11.8 Å². The van der Waals surface area contributed by atoms with Crippen LogP contribution in [0.1, 0.15) is 21.5 Å². The van der Waals surface area contributed by atoms with Crippen molar-refractivity contribution in [1.82, 2.24) is 0 Å². The van der Waals surface area contributed by atoms with Gasteiger partial charge in [0.15, 0.2) is 0 Å². The van der Waals surface area contributed by atoms with E-state index in [2.05, 4.69) is 77.6 Å². The molecule has 0 aliphatic rings. The molecule has 0 nitrogen and oxygen atoms in total. The molecule has 0 heterocycles. The summed E-state index contributed by atoms with van der Waals surface area (Å²) >= 11 is 5.57. The molecule has 0 saturated heterocycles. The summed E-state index contributed by atoms with van der Waals surface area (Å²) in [5.41, 5.74) is 4.05. The highest BCUT2D eigenvalue weighted by atomic mass is 79.9. The smallest absolute Gasteiger partial charge is 0.0435 e. The number of hydrogen-bond donors (Lipinski definition) is 0. The first-order valence-corrected chi connectivity index (χ1v) is 8.16. The monoisotopic (exact) mass is 320 g/mol. The first-order valence-electron chi connectivity index (χ1n) is 6.02. The van der Waals surface area contributed by atoms with Crippen molar-refractivity contribution in [3.05, 3.63) is 65.2 Å². The van der Waals surface area contributed by atoms with Gasteiger partial charge in [-0.1, -0.05) is 57.9 Å². The van der Waals surface area contributed by atoms with E-state index in [9.17, 15) is 0 Å². The number of alkyl halides is 1. The van der Waals surface area contributed by atoms with E-state index in [1.54, 1.807) is 11.8 Å². The SMILES string of the molecule is CSc1ccc(C(Br)Cc2cccc(C)c2)cc1. The molecule has 0 amide bonds. The van der Waals surface area contributed by atoms with E-state index in [4.69, 9.17) is 0 Å². The summed E-state index contributed by atoms with van der Waals surface area (Å²) in [6.45, 7) is 2.14. The summed E-state index contributed by atoms with van der Waals surface area (Å²) in [5, 5.41) is 0. The highest BCUT2D eigenvalue weighted by Gasteiger charge is 2.08. The molecule has 0 aromatic heterocycles. The topological polar surface area (TPSA) is 0 Å². The number of benzene rings is 2. The van der Waals surface area contributed by atoms with Gasteiger partial charge in [0, 0.05) is 9.72 Å². The van der Waals surface area contributed by atoms with Crippen molar-refractivity contribution in [3.63, 3.8) is 0 Å². The second kappa shape index (κ2) is 6.44. The van der Waals surface area contributed by atoms with Crippen LogP contribution in [0.2, 0.25) is 0 Å². The Balaban J connectivity index is 2.09. The number of hydrogen-bond acceptors (Lipinski definition) is 1. The van der Waals surface area contributed by atoms with Crippen molar-refractivity contribution in [2.24, 2.45) is 0 Å². The third kappa shape index (κ3) is 3.63. The Bertz CT molecular complexity index is 505. The molecule has 0 N–H and O–H groups in total. The fourth-order valence-electron chi connectivity index (χ4n) is 1.98. The lowest BCUT2D eigenvalue weighted by Crippen LogP contribution is -1.95. The predicted molar refractivity (Wildman–Crippen MR) is 84.8 cm³/mol. The van der Waals surface area contributed by atoms with E-state index >= 15 is 0 Å². The fourth-order valence-corrected chi connectivity index (χ4v) is 3.06. The van der Waals surface area contributed by atoms with Crippen molar-refractivity contribution >= 4 is 27.7 Å². The third-order valence-electron chi connectivity index (χ3n) is 2.97. The Morgan fingerprint density at radius 3 is 2.44 bits per heavy atom. The summed E-state index contributed by atoms with van der Waals surface area (Å²) in [4.78, 5) is 1.70. The second-order valence-electron chi connectivity index (χ2n) is 4.43. The van der Waals surface area contributed by atoms with Gasteiger partial charge in [-0.05, 0) is 42.9 Å². The van der Waals surface area contributed by atoms with Gasteiger partial charge in [-0.25, -0.2) is 0 Å². The summed E-state index contributed by atoms with van der Waals surface area (Å²) in [6.07, 6.45) is 3.13. The van der Waals surface area contributed by atoms with Crippen LogP contribution in [-0.2, 0) is 6.42 Å². The largest absolute Gasteiger partial charge is 0.130 e. The minimum atomic E-state index is 0.384. The van der Waals surface area contributed by atoms with Crippen LogP contribution in [0.3, 0.4) is 0 Å². The van der Waals surface area contributed by atoms with Crippen molar-refractivity contribution in [3.8, 4) is 0 Å². The fraction of sp³-hybridized carbons (Fsp3) is 0.250. The Morgan fingerprint density at radius 1 is 1.11 bits per heavy atom. The number of rotatable bonds is 4. The van der Waals surface area contributed by atoms with E-state index in [1.807, 2.05) is 0 Å². The maximum Gasteiger partial charge on any atom is 0.0435 e. The number of aryl methyl sites for hydroxylation is 1. The number of thioether (sulfide) groups is 1. The highest BCUT2D eigenvalue weighted by Crippen LogP contribution is 2.28. The minimum absolute atomic E-state index is 0.384. The van der Waals surface area contributed by atoms with Crippen LogP contribution >= 0.6 is 27.7 Å². The molecular formula is C16H17BrS. The van der Waals surface area contributed by atoms with Gasteiger partial charge < -0.3 is 0 Å². The molecule has 94 valence electrons. The molecule has 2 rings (SSSR count). The average molecular weight is 321 g/mol. The van der Waals surface area contributed by atoms with Gasteiger partial charge in [-0.2, -0.15) is 0 Å². The number of halogens is 1. The summed E-state index contributed by atoms with van der Waals surface area (Å²) < 4.78 is 0. The van der Waals surface area contributed by atoms with Gasteiger partial charge in [0.1, 0.15) is 0 Å². The molecule has 0 bridgehead atoms. The zero-order valence-electron chi connectivity index (χ0n) is 10.7. The summed E-state index contributed by atoms with van der Waals surface area (Å²) in [5.74, 6) is 0. The molecule has 1 unspecified atom stereocenters. The van der Waals surface area contributed by atoms with Crippen LogP contribution in [0.15, 0.2) is 53.4 Å². The Kier molecular flexibility index (Phi) is 4.90. The Hall–Kier alpha value is -0.730. The Morgan fingerprint density at radius 2 is 1.83 bits per heavy atom. The normalized spacial score (nSPS) is 12.4. The molecule has 0 aliphatic heterocycles. The molecule has 1 atom stereocenters. The molecule has 2 aromatic rings. The molecule has 0 spiro atoms. The molecule has 2 heteroatoms. The van der Waals surface area contributed by atoms with E-state index in [0.717, 1.165) is 6.42 Å². The molecule has 0 radical (unpaired) electrons. The zero-order chi connectivity index (χ0) is 13.0. The van der Waals surface area contributed by atoms with Crippen LogP contribution in [0.25, 0.3) is 0 Å². The van der Waals surface area contributed by atoms with Crippen molar-refractivity contribution in [1.29, 1.82) is 0 Å². The van der Waals surface area contributed by atoms with Crippen molar-refractivity contribution in [2.75, 3.05) is 6.26 Å². The van der Waals surface area contributed by atoms with E-state index in [-0.39, 0.29) is 0 Å². The average Bonchev–Trinajstić information content (AvgIpc) is 2.39. The van der Waals surface area contributed by atoms with E-state index < -0.39 is 0 Å². The Labute approximate surface area is 122 Å². The minimum Gasteiger partial charge on any atom is -0.130 e. The van der Waals surface area contributed by atoms with Crippen LogP contribution in [0.4, 0.5) is 0 Å². The van der Waals surface area contributed by atoms with Crippen molar-refractivity contribution in [2.45, 2.75) is 23.1 Å². The maximum atomic E-state index is 3.79. The van der Waals surface area contributed by atoms with Gasteiger partial charge in [-0.3, -0.25) is 0 Å². The van der Waals surface area contributed by atoms with Crippen LogP contribution < -0.4 is 0 Å². The van der Waals surface area contributed by atoms with Crippen LogP contribution in [0.5, 0.6) is 0 Å². The lowest BCUT2D eigenvalue weighted by Gasteiger charge is -2.11. The summed E-state index contributed by atoms with van der Waals surface area (Å²) in [6, 6.07) is 17.5. The first-order chi connectivity index (χ1) is 8.69. The van der Waals surface area contributed by atoms with E-state index in [1.165, 1.54) is 21.6 Å². The molecule has 18 heavy (non-hydrogen) atoms. The quantitative estimate of drug-likeness (QED) is 0.537. The van der Waals surface area contributed by atoms with Gasteiger partial charge in [0.2, 0.25) is 0 Å². The zero-order valence-corrected chi connectivity index (χ0v) is 13.1. The molecular weight excluding hydrogens is 304 g/mol. The second-order valence-corrected chi connectivity index (χ2v) is 6.42. The first kappa shape index (κ1) is 13.7. The van der Waals surface area contributed by atoms with Gasteiger partial charge in [0.05, 0.1) is 0 Å². The highest BCUT2D eigenvalue weighted by molar-refractivity contribution is 9.09. The van der Waals surface area contributed by atoms with Crippen LogP contribution in [0, 0.1) is 6.92 Å². The van der Waals surface area contributed by atoms with Crippen LogP contribution in [-0.4, -0.2) is 6.26 Å². The predicted octanol–water partition coefficient (Wildman–Crippen LogP) is 5.40. The third-order valence-corrected chi connectivity index (χ3v) is 4.57. The molecule has 0 fully saturated rings. The lowest BCUT2D eigenvalue weighted by atomic mass is 10.0. The standard InChI is InChI=1S/C16H17BrS/c1-12-4-3-5-13(10-12)11-16(17)14-6-8-15(18-2)9-7-14/h3-10,16H,11H2,1-2H3. The van der Waals surface area contributed by atoms with Gasteiger partial charge in [0.25, 0.3) is 0 Å². The molecule has 2 aromatic carbocycles.